The molecule has 2 unspecified atom stereocenters. The zero-order chi connectivity index (χ0) is 18.8. The van der Waals surface area contributed by atoms with Crippen molar-refractivity contribution in [1.29, 1.82) is 0 Å². The predicted octanol–water partition coefficient (Wildman–Crippen LogP) is 5.03. The molecule has 2 atom stereocenters. The van der Waals surface area contributed by atoms with E-state index in [0.29, 0.717) is 23.0 Å². The predicted molar refractivity (Wildman–Crippen MR) is 101 cm³/mol. The van der Waals surface area contributed by atoms with Crippen molar-refractivity contribution < 1.29 is 14.6 Å². The van der Waals surface area contributed by atoms with Crippen molar-refractivity contribution in [3.63, 3.8) is 0 Å². The molecule has 25 heavy (non-hydrogen) atoms. The molecule has 1 aromatic rings. The third-order valence-electron chi connectivity index (χ3n) is 4.71. The Morgan fingerprint density at radius 1 is 1.32 bits per heavy atom. The average molecular weight is 388 g/mol. The van der Waals surface area contributed by atoms with Crippen LogP contribution in [-0.2, 0) is 10.2 Å². The summed E-state index contributed by atoms with van der Waals surface area (Å²) in [6, 6.07) is 5.45. The number of likely N-dealkylation sites (N-methyl/N-ethyl adjacent to an activating group) is 1. The molecular weight excluding hydrogens is 361 g/mol. The summed E-state index contributed by atoms with van der Waals surface area (Å²) in [5.74, 6) is 0. The molecule has 1 aliphatic carbocycles. The maximum atomic E-state index is 12.4. The van der Waals surface area contributed by atoms with Gasteiger partial charge >= 0.3 is 6.09 Å². The Bertz CT molecular complexity index is 630. The highest BCUT2D eigenvalue weighted by Crippen LogP contribution is 2.42. The van der Waals surface area contributed by atoms with Gasteiger partial charge in [0.25, 0.3) is 0 Å². The van der Waals surface area contributed by atoms with Gasteiger partial charge < -0.3 is 14.7 Å². The smallest absolute Gasteiger partial charge is 0.410 e. The summed E-state index contributed by atoms with van der Waals surface area (Å²) in [5.41, 5.74) is -0.227. The first-order chi connectivity index (χ1) is 11.5. The van der Waals surface area contributed by atoms with E-state index in [1.54, 1.807) is 24.1 Å². The maximum Gasteiger partial charge on any atom is 0.410 e. The molecule has 1 aromatic carbocycles. The van der Waals surface area contributed by atoms with E-state index >= 15 is 0 Å². The molecule has 0 aromatic heterocycles. The minimum absolute atomic E-state index is 0.362. The Kier molecular flexibility index (Phi) is 6.29. The van der Waals surface area contributed by atoms with Gasteiger partial charge in [-0.05, 0) is 51.3 Å². The summed E-state index contributed by atoms with van der Waals surface area (Å²) < 4.78 is 5.46. The van der Waals surface area contributed by atoms with Gasteiger partial charge in [-0.1, -0.05) is 42.1 Å². The lowest BCUT2D eigenvalue weighted by Crippen LogP contribution is -2.51. The number of carbonyl (C=O) groups excluding carboxylic acids is 1. The van der Waals surface area contributed by atoms with Crippen molar-refractivity contribution in [1.82, 2.24) is 4.90 Å². The minimum Gasteiger partial charge on any atom is -0.444 e. The third-order valence-corrected chi connectivity index (χ3v) is 5.45. The number of aliphatic hydroxyl groups is 1. The van der Waals surface area contributed by atoms with E-state index < -0.39 is 23.2 Å². The van der Waals surface area contributed by atoms with Gasteiger partial charge in [-0.2, -0.15) is 0 Å². The van der Waals surface area contributed by atoms with Gasteiger partial charge in [-0.3, -0.25) is 0 Å². The fourth-order valence-electron chi connectivity index (χ4n) is 3.47. The van der Waals surface area contributed by atoms with E-state index in [1.807, 2.05) is 26.8 Å². The Morgan fingerprint density at radius 3 is 2.56 bits per heavy atom. The van der Waals surface area contributed by atoms with Crippen LogP contribution in [-0.4, -0.2) is 41.4 Å². The third kappa shape index (κ3) is 4.81. The number of hydrogen-bond donors (Lipinski definition) is 1. The van der Waals surface area contributed by atoms with Crippen molar-refractivity contribution in [2.45, 2.75) is 63.6 Å². The van der Waals surface area contributed by atoms with Gasteiger partial charge in [-0.25, -0.2) is 4.79 Å². The molecule has 0 heterocycles. The summed E-state index contributed by atoms with van der Waals surface area (Å²) in [6.07, 6.45) is 2.48. The number of ether oxygens (including phenoxy) is 1. The van der Waals surface area contributed by atoms with Crippen LogP contribution in [0.3, 0.4) is 0 Å². The molecule has 1 aliphatic rings. The monoisotopic (exact) mass is 387 g/mol. The summed E-state index contributed by atoms with van der Waals surface area (Å²) >= 11 is 12.3. The van der Waals surface area contributed by atoms with Crippen LogP contribution in [0.25, 0.3) is 0 Å². The number of hydrogen-bond acceptors (Lipinski definition) is 3. The molecule has 0 spiro atoms. The topological polar surface area (TPSA) is 49.8 Å². The van der Waals surface area contributed by atoms with E-state index in [4.69, 9.17) is 27.9 Å². The standard InChI is InChI=1S/C19H27Cl2NO3/c1-18(2,3)25-17(24)22(4)12-19(10-6-5-7-16(19)23)13-8-9-14(20)15(21)11-13/h8-9,11,16,23H,5-7,10,12H2,1-4H3. The SMILES string of the molecule is CN(CC1(c2ccc(Cl)c(Cl)c2)CCCCC1O)C(=O)OC(C)(C)C. The Morgan fingerprint density at radius 2 is 2.00 bits per heavy atom. The Hall–Kier alpha value is -0.970. The highest BCUT2D eigenvalue weighted by atomic mass is 35.5. The molecule has 1 fully saturated rings. The first-order valence-corrected chi connectivity index (χ1v) is 9.38. The molecule has 6 heteroatoms. The first-order valence-electron chi connectivity index (χ1n) is 8.63. The van der Waals surface area contributed by atoms with E-state index in [0.717, 1.165) is 24.8 Å². The van der Waals surface area contributed by atoms with Crippen LogP contribution >= 0.6 is 23.2 Å². The van der Waals surface area contributed by atoms with Crippen molar-refractivity contribution in [2.24, 2.45) is 0 Å². The van der Waals surface area contributed by atoms with Crippen molar-refractivity contribution in [3.8, 4) is 0 Å². The molecule has 2 rings (SSSR count). The van der Waals surface area contributed by atoms with Gasteiger partial charge in [0.1, 0.15) is 5.60 Å². The number of halogens is 2. The van der Waals surface area contributed by atoms with Crippen molar-refractivity contribution in [2.75, 3.05) is 13.6 Å². The van der Waals surface area contributed by atoms with Gasteiger partial charge in [0.15, 0.2) is 0 Å². The van der Waals surface area contributed by atoms with Crippen LogP contribution in [0.4, 0.5) is 4.79 Å². The van der Waals surface area contributed by atoms with Gasteiger partial charge in [0.05, 0.1) is 16.1 Å². The molecule has 1 N–H and O–H groups in total. The second-order valence-electron chi connectivity index (χ2n) is 7.88. The van der Waals surface area contributed by atoms with Crippen molar-refractivity contribution >= 4 is 29.3 Å². The van der Waals surface area contributed by atoms with Gasteiger partial charge in [-0.15, -0.1) is 0 Å². The molecule has 0 radical (unpaired) electrons. The fraction of sp³-hybridized carbons (Fsp3) is 0.632. The highest BCUT2D eigenvalue weighted by molar-refractivity contribution is 6.42. The van der Waals surface area contributed by atoms with E-state index in [2.05, 4.69) is 0 Å². The van der Waals surface area contributed by atoms with Crippen LogP contribution in [0.15, 0.2) is 18.2 Å². The molecule has 0 bridgehead atoms. The molecular formula is C19H27Cl2NO3. The number of amides is 1. The van der Waals surface area contributed by atoms with Gasteiger partial charge in [0.2, 0.25) is 0 Å². The maximum absolute atomic E-state index is 12.4. The second kappa shape index (κ2) is 7.73. The molecule has 140 valence electrons. The number of rotatable bonds is 3. The summed E-state index contributed by atoms with van der Waals surface area (Å²) in [7, 11) is 1.70. The zero-order valence-electron chi connectivity index (χ0n) is 15.3. The summed E-state index contributed by atoms with van der Waals surface area (Å²) in [4.78, 5) is 14.0. The van der Waals surface area contributed by atoms with Crippen LogP contribution in [0.5, 0.6) is 0 Å². The Labute approximate surface area is 160 Å². The van der Waals surface area contributed by atoms with Gasteiger partial charge in [0, 0.05) is 19.0 Å². The molecule has 1 amide bonds. The zero-order valence-corrected chi connectivity index (χ0v) is 16.8. The fourth-order valence-corrected chi connectivity index (χ4v) is 3.77. The largest absolute Gasteiger partial charge is 0.444 e. The lowest BCUT2D eigenvalue weighted by atomic mass is 9.67. The lowest BCUT2D eigenvalue weighted by molar-refractivity contribution is 0.000752. The number of carbonyl (C=O) groups is 1. The first kappa shape index (κ1) is 20.3. The average Bonchev–Trinajstić information content (AvgIpc) is 2.50. The van der Waals surface area contributed by atoms with Crippen LogP contribution in [0, 0.1) is 0 Å². The Balaban J connectivity index is 2.33. The minimum atomic E-state index is -0.571. The number of nitrogens with zero attached hydrogens (tertiary/aromatic N) is 1. The van der Waals surface area contributed by atoms with E-state index in [9.17, 15) is 9.90 Å². The van der Waals surface area contributed by atoms with Crippen LogP contribution in [0.1, 0.15) is 52.0 Å². The second-order valence-corrected chi connectivity index (χ2v) is 8.70. The van der Waals surface area contributed by atoms with E-state index in [-0.39, 0.29) is 0 Å². The van der Waals surface area contributed by atoms with Crippen LogP contribution < -0.4 is 0 Å². The van der Waals surface area contributed by atoms with E-state index in [1.165, 1.54) is 0 Å². The molecule has 4 nitrogen and oxygen atoms in total. The quantitative estimate of drug-likeness (QED) is 0.790. The molecule has 0 saturated heterocycles. The summed E-state index contributed by atoms with van der Waals surface area (Å²) in [6.45, 7) is 5.87. The molecule has 0 aliphatic heterocycles. The lowest BCUT2D eigenvalue weighted by Gasteiger charge is -2.44. The number of benzene rings is 1. The summed E-state index contributed by atoms with van der Waals surface area (Å²) in [5, 5.41) is 11.8. The van der Waals surface area contributed by atoms with Crippen LogP contribution in [0.2, 0.25) is 10.0 Å². The van der Waals surface area contributed by atoms with Crippen molar-refractivity contribution in [3.05, 3.63) is 33.8 Å². The molecule has 1 saturated carbocycles. The normalized spacial score (nSPS) is 24.0. The highest BCUT2D eigenvalue weighted by Gasteiger charge is 2.43. The number of aliphatic hydroxyl groups excluding tert-OH is 1.